The van der Waals surface area contributed by atoms with Crippen molar-refractivity contribution in [2.24, 2.45) is 0 Å². The van der Waals surface area contributed by atoms with Crippen LogP contribution in [0, 0.1) is 0 Å². The molecule has 1 amide bonds. The van der Waals surface area contributed by atoms with Crippen molar-refractivity contribution in [1.29, 1.82) is 0 Å². The summed E-state index contributed by atoms with van der Waals surface area (Å²) >= 11 is 0. The minimum Gasteiger partial charge on any atom is -0.354 e. The van der Waals surface area contributed by atoms with E-state index < -0.39 is 11.7 Å². The van der Waals surface area contributed by atoms with Gasteiger partial charge >= 0.3 is 6.18 Å². The molecule has 0 bridgehead atoms. The lowest BCUT2D eigenvalue weighted by molar-refractivity contribution is -0.137. The fraction of sp³-hybridized carbons (Fsp3) is 0.143. The van der Waals surface area contributed by atoms with Crippen molar-refractivity contribution >= 4 is 5.91 Å². The van der Waals surface area contributed by atoms with Crippen molar-refractivity contribution in [1.82, 2.24) is 10.3 Å². The molecule has 0 unspecified atom stereocenters. The van der Waals surface area contributed by atoms with Crippen LogP contribution in [0.15, 0.2) is 42.6 Å². The Morgan fingerprint density at radius 3 is 2.45 bits per heavy atom. The van der Waals surface area contributed by atoms with Crippen molar-refractivity contribution in [3.8, 4) is 11.1 Å². The second-order valence-corrected chi connectivity index (χ2v) is 4.09. The molecule has 104 valence electrons. The van der Waals surface area contributed by atoms with E-state index in [1.165, 1.54) is 25.4 Å². The smallest absolute Gasteiger partial charge is 0.354 e. The number of nitrogens with zero attached hydrogens (tertiary/aromatic N) is 1. The zero-order chi connectivity index (χ0) is 14.8. The molecule has 0 saturated carbocycles. The Morgan fingerprint density at radius 1 is 1.15 bits per heavy atom. The number of nitrogens with one attached hydrogen (secondary N) is 1. The van der Waals surface area contributed by atoms with Gasteiger partial charge in [0.2, 0.25) is 0 Å². The third kappa shape index (κ3) is 2.96. The highest BCUT2D eigenvalue weighted by Crippen LogP contribution is 2.31. The highest BCUT2D eigenvalue weighted by molar-refractivity contribution is 5.92. The lowest BCUT2D eigenvalue weighted by Gasteiger charge is -2.09. The summed E-state index contributed by atoms with van der Waals surface area (Å²) in [4.78, 5) is 15.2. The van der Waals surface area contributed by atoms with E-state index in [9.17, 15) is 18.0 Å². The van der Waals surface area contributed by atoms with Gasteiger partial charge in [-0.05, 0) is 23.8 Å². The van der Waals surface area contributed by atoms with E-state index in [-0.39, 0.29) is 11.6 Å². The molecule has 0 saturated heterocycles. The zero-order valence-corrected chi connectivity index (χ0v) is 10.5. The minimum atomic E-state index is -4.38. The molecule has 0 aliphatic carbocycles. The first kappa shape index (κ1) is 14.0. The lowest BCUT2D eigenvalue weighted by Crippen LogP contribution is -2.18. The normalized spacial score (nSPS) is 11.2. The monoisotopic (exact) mass is 280 g/mol. The molecule has 3 nitrogen and oxygen atoms in total. The fourth-order valence-electron chi connectivity index (χ4n) is 1.70. The first-order valence-electron chi connectivity index (χ1n) is 5.77. The van der Waals surface area contributed by atoms with Gasteiger partial charge in [-0.3, -0.25) is 9.78 Å². The quantitative estimate of drug-likeness (QED) is 0.918. The van der Waals surface area contributed by atoms with Crippen molar-refractivity contribution < 1.29 is 18.0 Å². The van der Waals surface area contributed by atoms with Crippen LogP contribution in [-0.4, -0.2) is 17.9 Å². The SMILES string of the molecule is CNC(=O)c1ccc(-c2cccc(C(F)(F)F)c2)cn1. The Bertz CT molecular complexity index is 621. The van der Waals surface area contributed by atoms with Crippen LogP contribution in [0.25, 0.3) is 11.1 Å². The maximum atomic E-state index is 12.6. The topological polar surface area (TPSA) is 42.0 Å². The van der Waals surface area contributed by atoms with E-state index >= 15 is 0 Å². The van der Waals surface area contributed by atoms with Gasteiger partial charge in [0.15, 0.2) is 0 Å². The Morgan fingerprint density at radius 2 is 1.90 bits per heavy atom. The standard InChI is InChI=1S/C14H11F3N2O/c1-18-13(20)12-6-5-10(8-19-12)9-3-2-4-11(7-9)14(15,16)17/h2-8H,1H3,(H,18,20). The third-order valence-electron chi connectivity index (χ3n) is 2.75. The molecular weight excluding hydrogens is 269 g/mol. The van der Waals surface area contributed by atoms with Crippen LogP contribution in [0.3, 0.4) is 0 Å². The van der Waals surface area contributed by atoms with Crippen LogP contribution >= 0.6 is 0 Å². The molecule has 0 atom stereocenters. The summed E-state index contributed by atoms with van der Waals surface area (Å²) in [6, 6.07) is 7.99. The number of pyridine rings is 1. The van der Waals surface area contributed by atoms with E-state index in [0.717, 1.165) is 12.1 Å². The van der Waals surface area contributed by atoms with E-state index in [0.29, 0.717) is 11.1 Å². The van der Waals surface area contributed by atoms with Crippen molar-refractivity contribution in [3.63, 3.8) is 0 Å². The number of alkyl halides is 3. The van der Waals surface area contributed by atoms with Gasteiger partial charge in [0, 0.05) is 18.8 Å². The Kier molecular flexibility index (Phi) is 3.74. The molecule has 1 aromatic carbocycles. The number of benzene rings is 1. The van der Waals surface area contributed by atoms with Gasteiger partial charge in [0.1, 0.15) is 5.69 Å². The number of halogens is 3. The van der Waals surface area contributed by atoms with Crippen LogP contribution in [0.5, 0.6) is 0 Å². The summed E-state index contributed by atoms with van der Waals surface area (Å²) in [5.41, 5.74) is 0.410. The van der Waals surface area contributed by atoms with Gasteiger partial charge in [0.05, 0.1) is 5.56 Å². The maximum absolute atomic E-state index is 12.6. The highest BCUT2D eigenvalue weighted by atomic mass is 19.4. The van der Waals surface area contributed by atoms with Gasteiger partial charge in [-0.15, -0.1) is 0 Å². The highest BCUT2D eigenvalue weighted by Gasteiger charge is 2.30. The van der Waals surface area contributed by atoms with Gasteiger partial charge in [-0.1, -0.05) is 18.2 Å². The van der Waals surface area contributed by atoms with Crippen molar-refractivity contribution in [2.75, 3.05) is 7.05 Å². The predicted molar refractivity (Wildman–Crippen MR) is 68.1 cm³/mol. The molecule has 1 aromatic heterocycles. The van der Waals surface area contributed by atoms with Crippen LogP contribution in [0.1, 0.15) is 16.1 Å². The minimum absolute atomic E-state index is 0.211. The number of hydrogen-bond donors (Lipinski definition) is 1. The van der Waals surface area contributed by atoms with Gasteiger partial charge in [-0.2, -0.15) is 13.2 Å². The summed E-state index contributed by atoms with van der Waals surface area (Å²) in [6.07, 6.45) is -3.01. The first-order chi connectivity index (χ1) is 9.41. The van der Waals surface area contributed by atoms with Crippen molar-refractivity contribution in [2.45, 2.75) is 6.18 Å². The molecule has 0 spiro atoms. The van der Waals surface area contributed by atoms with Crippen LogP contribution in [-0.2, 0) is 6.18 Å². The van der Waals surface area contributed by atoms with Crippen LogP contribution in [0.2, 0.25) is 0 Å². The number of carbonyl (C=O) groups excluding carboxylic acids is 1. The molecular formula is C14H11F3N2O. The lowest BCUT2D eigenvalue weighted by atomic mass is 10.0. The van der Waals surface area contributed by atoms with E-state index in [2.05, 4.69) is 10.3 Å². The first-order valence-corrected chi connectivity index (χ1v) is 5.77. The average Bonchev–Trinajstić information content (AvgIpc) is 2.46. The Hall–Kier alpha value is -2.37. The molecule has 2 aromatic rings. The largest absolute Gasteiger partial charge is 0.416 e. The van der Waals surface area contributed by atoms with Crippen LogP contribution in [0.4, 0.5) is 13.2 Å². The van der Waals surface area contributed by atoms with Gasteiger partial charge in [0.25, 0.3) is 5.91 Å². The molecule has 20 heavy (non-hydrogen) atoms. The molecule has 1 heterocycles. The van der Waals surface area contributed by atoms with E-state index in [4.69, 9.17) is 0 Å². The fourth-order valence-corrected chi connectivity index (χ4v) is 1.70. The molecule has 1 N–H and O–H groups in total. The van der Waals surface area contributed by atoms with Gasteiger partial charge < -0.3 is 5.32 Å². The van der Waals surface area contributed by atoms with Gasteiger partial charge in [-0.25, -0.2) is 0 Å². The summed E-state index contributed by atoms with van der Waals surface area (Å²) in [5.74, 6) is -0.347. The van der Waals surface area contributed by atoms with E-state index in [1.54, 1.807) is 12.1 Å². The predicted octanol–water partition coefficient (Wildman–Crippen LogP) is 3.13. The summed E-state index contributed by atoms with van der Waals surface area (Å²) in [7, 11) is 1.48. The zero-order valence-electron chi connectivity index (χ0n) is 10.5. The summed E-state index contributed by atoms with van der Waals surface area (Å²) < 4.78 is 37.9. The second-order valence-electron chi connectivity index (χ2n) is 4.09. The molecule has 0 radical (unpaired) electrons. The second kappa shape index (κ2) is 5.32. The number of hydrogen-bond acceptors (Lipinski definition) is 2. The third-order valence-corrected chi connectivity index (χ3v) is 2.75. The van der Waals surface area contributed by atoms with Crippen molar-refractivity contribution in [3.05, 3.63) is 53.9 Å². The molecule has 0 aliphatic rings. The molecule has 0 aliphatic heterocycles. The van der Waals surface area contributed by atoms with Crippen LogP contribution < -0.4 is 5.32 Å². The number of aromatic nitrogens is 1. The van der Waals surface area contributed by atoms with E-state index in [1.807, 2.05) is 0 Å². The summed E-state index contributed by atoms with van der Waals surface area (Å²) in [6.45, 7) is 0. The number of rotatable bonds is 2. The number of carbonyl (C=O) groups is 1. The number of amides is 1. The molecule has 2 rings (SSSR count). The molecule has 0 fully saturated rings. The molecule has 6 heteroatoms. The maximum Gasteiger partial charge on any atom is 0.416 e. The Labute approximate surface area is 113 Å². The summed E-state index contributed by atoms with van der Waals surface area (Å²) in [5, 5.41) is 2.42. The Balaban J connectivity index is 2.35. The average molecular weight is 280 g/mol.